The summed E-state index contributed by atoms with van der Waals surface area (Å²) in [6.07, 6.45) is 1.17. The van der Waals surface area contributed by atoms with E-state index >= 15 is 0 Å². The fraction of sp³-hybridized carbons (Fsp3) is 0.583. The van der Waals surface area contributed by atoms with Gasteiger partial charge in [-0.05, 0) is 24.6 Å². The van der Waals surface area contributed by atoms with Crippen molar-refractivity contribution in [1.82, 2.24) is 10.3 Å². The van der Waals surface area contributed by atoms with Gasteiger partial charge in [0, 0.05) is 12.2 Å². The van der Waals surface area contributed by atoms with Crippen LogP contribution in [0.25, 0.3) is 0 Å². The van der Waals surface area contributed by atoms with E-state index < -0.39 is 0 Å². The van der Waals surface area contributed by atoms with Crippen molar-refractivity contribution in [2.45, 2.75) is 26.8 Å². The van der Waals surface area contributed by atoms with E-state index in [1.165, 1.54) is 13.5 Å². The summed E-state index contributed by atoms with van der Waals surface area (Å²) in [5.41, 5.74) is 1.51. The standard InChI is InChI=1S/C12H20N2O2/c1-4-9(2)7-13-8-10-5-6-11(14-10)12(15)16-3/h5-6,9,13-14H,4,7-8H2,1-3H3. The van der Waals surface area contributed by atoms with E-state index in [2.05, 4.69) is 28.9 Å². The average molecular weight is 224 g/mol. The van der Waals surface area contributed by atoms with Crippen molar-refractivity contribution in [3.05, 3.63) is 23.5 Å². The predicted molar refractivity (Wildman–Crippen MR) is 63.3 cm³/mol. The molecule has 4 heteroatoms. The molecule has 0 amide bonds. The number of hydrogen-bond acceptors (Lipinski definition) is 3. The van der Waals surface area contributed by atoms with Crippen molar-refractivity contribution in [2.24, 2.45) is 5.92 Å². The van der Waals surface area contributed by atoms with E-state index in [1.807, 2.05) is 6.07 Å². The van der Waals surface area contributed by atoms with E-state index in [-0.39, 0.29) is 5.97 Å². The van der Waals surface area contributed by atoms with Crippen molar-refractivity contribution in [3.8, 4) is 0 Å². The third-order valence-electron chi connectivity index (χ3n) is 2.66. The number of aromatic nitrogens is 1. The van der Waals surface area contributed by atoms with Gasteiger partial charge in [0.25, 0.3) is 0 Å². The molecular weight excluding hydrogens is 204 g/mol. The molecule has 2 N–H and O–H groups in total. The number of carbonyl (C=O) groups excluding carboxylic acids is 1. The van der Waals surface area contributed by atoms with Gasteiger partial charge < -0.3 is 15.0 Å². The van der Waals surface area contributed by atoms with Gasteiger partial charge in [-0.3, -0.25) is 0 Å². The van der Waals surface area contributed by atoms with Gasteiger partial charge in [-0.25, -0.2) is 4.79 Å². The Morgan fingerprint density at radius 3 is 2.94 bits per heavy atom. The molecule has 1 rings (SSSR count). The van der Waals surface area contributed by atoms with Crippen LogP contribution in [0.4, 0.5) is 0 Å². The first-order chi connectivity index (χ1) is 7.67. The molecule has 90 valence electrons. The number of rotatable bonds is 6. The van der Waals surface area contributed by atoms with Crippen LogP contribution in [-0.2, 0) is 11.3 Å². The van der Waals surface area contributed by atoms with Crippen LogP contribution in [0.1, 0.15) is 36.5 Å². The summed E-state index contributed by atoms with van der Waals surface area (Å²) in [4.78, 5) is 14.2. The molecular formula is C12H20N2O2. The van der Waals surface area contributed by atoms with E-state index in [0.717, 1.165) is 18.8 Å². The number of esters is 1. The fourth-order valence-corrected chi connectivity index (χ4v) is 1.37. The first kappa shape index (κ1) is 12.8. The van der Waals surface area contributed by atoms with Crippen LogP contribution in [-0.4, -0.2) is 24.6 Å². The van der Waals surface area contributed by atoms with Crippen LogP contribution < -0.4 is 5.32 Å². The molecule has 1 unspecified atom stereocenters. The minimum Gasteiger partial charge on any atom is -0.464 e. The minimum atomic E-state index is -0.326. The third kappa shape index (κ3) is 3.70. The molecule has 16 heavy (non-hydrogen) atoms. The lowest BCUT2D eigenvalue weighted by Gasteiger charge is -2.08. The Balaban J connectivity index is 2.38. The molecule has 0 aromatic carbocycles. The average Bonchev–Trinajstić information content (AvgIpc) is 2.76. The summed E-state index contributed by atoms with van der Waals surface area (Å²) in [6.45, 7) is 6.13. The molecule has 0 bridgehead atoms. The van der Waals surface area contributed by atoms with Crippen LogP contribution in [0.5, 0.6) is 0 Å². The molecule has 0 aliphatic heterocycles. The van der Waals surface area contributed by atoms with Crippen molar-refractivity contribution >= 4 is 5.97 Å². The minimum absolute atomic E-state index is 0.326. The Morgan fingerprint density at radius 1 is 1.56 bits per heavy atom. The van der Waals surface area contributed by atoms with E-state index in [1.54, 1.807) is 6.07 Å². The van der Waals surface area contributed by atoms with Gasteiger partial charge in [0.1, 0.15) is 5.69 Å². The first-order valence-corrected chi connectivity index (χ1v) is 5.64. The van der Waals surface area contributed by atoms with Crippen LogP contribution in [0.3, 0.4) is 0 Å². The molecule has 0 spiro atoms. The molecule has 1 aromatic heterocycles. The molecule has 0 saturated carbocycles. The van der Waals surface area contributed by atoms with E-state index in [0.29, 0.717) is 11.6 Å². The molecule has 1 heterocycles. The first-order valence-electron chi connectivity index (χ1n) is 5.64. The van der Waals surface area contributed by atoms with Crippen molar-refractivity contribution in [2.75, 3.05) is 13.7 Å². The highest BCUT2D eigenvalue weighted by atomic mass is 16.5. The summed E-state index contributed by atoms with van der Waals surface area (Å²) in [7, 11) is 1.38. The summed E-state index contributed by atoms with van der Waals surface area (Å²) in [6, 6.07) is 3.64. The van der Waals surface area contributed by atoms with Gasteiger partial charge >= 0.3 is 5.97 Å². The number of carbonyl (C=O) groups is 1. The summed E-state index contributed by atoms with van der Waals surface area (Å²) >= 11 is 0. The van der Waals surface area contributed by atoms with Gasteiger partial charge in [-0.1, -0.05) is 20.3 Å². The van der Waals surface area contributed by atoms with Gasteiger partial charge in [0.15, 0.2) is 0 Å². The van der Waals surface area contributed by atoms with Gasteiger partial charge in [-0.2, -0.15) is 0 Å². The fourth-order valence-electron chi connectivity index (χ4n) is 1.37. The maximum absolute atomic E-state index is 11.2. The van der Waals surface area contributed by atoms with Crippen molar-refractivity contribution in [3.63, 3.8) is 0 Å². The zero-order chi connectivity index (χ0) is 12.0. The smallest absolute Gasteiger partial charge is 0.354 e. The number of ether oxygens (including phenoxy) is 1. The molecule has 1 aromatic rings. The van der Waals surface area contributed by atoms with Gasteiger partial charge in [-0.15, -0.1) is 0 Å². The second kappa shape index (κ2) is 6.33. The van der Waals surface area contributed by atoms with Crippen LogP contribution in [0.15, 0.2) is 12.1 Å². The SMILES string of the molecule is CCC(C)CNCc1ccc(C(=O)OC)[nH]1. The molecule has 0 aliphatic carbocycles. The quantitative estimate of drug-likeness (QED) is 0.726. The topological polar surface area (TPSA) is 54.1 Å². The molecule has 1 atom stereocenters. The van der Waals surface area contributed by atoms with Gasteiger partial charge in [0.2, 0.25) is 0 Å². The summed E-state index contributed by atoms with van der Waals surface area (Å²) < 4.78 is 4.62. The lowest BCUT2D eigenvalue weighted by atomic mass is 10.1. The monoisotopic (exact) mass is 224 g/mol. The second-order valence-electron chi connectivity index (χ2n) is 4.03. The Bertz CT molecular complexity index is 334. The zero-order valence-corrected chi connectivity index (χ0v) is 10.2. The van der Waals surface area contributed by atoms with E-state index in [9.17, 15) is 4.79 Å². The molecule has 0 saturated heterocycles. The van der Waals surface area contributed by atoms with Crippen LogP contribution in [0.2, 0.25) is 0 Å². The highest BCUT2D eigenvalue weighted by Gasteiger charge is 2.07. The highest BCUT2D eigenvalue weighted by Crippen LogP contribution is 2.04. The van der Waals surface area contributed by atoms with Gasteiger partial charge in [0.05, 0.1) is 7.11 Å². The third-order valence-corrected chi connectivity index (χ3v) is 2.66. The molecule has 0 aliphatic rings. The summed E-state index contributed by atoms with van der Waals surface area (Å²) in [5, 5.41) is 3.34. The number of methoxy groups -OCH3 is 1. The lowest BCUT2D eigenvalue weighted by molar-refractivity contribution is 0.0594. The molecule has 0 fully saturated rings. The maximum Gasteiger partial charge on any atom is 0.354 e. The second-order valence-corrected chi connectivity index (χ2v) is 4.03. The Hall–Kier alpha value is -1.29. The number of aromatic amines is 1. The Morgan fingerprint density at radius 2 is 2.31 bits per heavy atom. The number of nitrogens with one attached hydrogen (secondary N) is 2. The zero-order valence-electron chi connectivity index (χ0n) is 10.2. The Kier molecular flexibility index (Phi) is 5.05. The Labute approximate surface area is 96.4 Å². The highest BCUT2D eigenvalue weighted by molar-refractivity contribution is 5.87. The lowest BCUT2D eigenvalue weighted by Crippen LogP contribution is -2.20. The van der Waals surface area contributed by atoms with E-state index in [4.69, 9.17) is 0 Å². The maximum atomic E-state index is 11.2. The largest absolute Gasteiger partial charge is 0.464 e. The predicted octanol–water partition coefficient (Wildman–Crippen LogP) is 1.94. The van der Waals surface area contributed by atoms with Crippen molar-refractivity contribution < 1.29 is 9.53 Å². The molecule has 4 nitrogen and oxygen atoms in total. The van der Waals surface area contributed by atoms with Crippen LogP contribution >= 0.6 is 0 Å². The normalized spacial score (nSPS) is 12.4. The number of H-pyrrole nitrogens is 1. The van der Waals surface area contributed by atoms with Crippen LogP contribution in [0, 0.1) is 5.92 Å². The molecule has 0 radical (unpaired) electrons. The summed E-state index contributed by atoms with van der Waals surface area (Å²) in [5.74, 6) is 0.350. The van der Waals surface area contributed by atoms with Crippen molar-refractivity contribution in [1.29, 1.82) is 0 Å². The number of hydrogen-bond donors (Lipinski definition) is 2.